The fourth-order valence-electron chi connectivity index (χ4n) is 2.11. The van der Waals surface area contributed by atoms with E-state index >= 15 is 0 Å². The standard InChI is InChI=1S/C17H17F2N3O/c1-10-8-21-16(5-11(10)9-20-2)12-6-15(19)13(7-14(12)18)17(23)22(3)4/h5-9H,1-4H3. The minimum atomic E-state index is -0.784. The molecule has 0 aliphatic carbocycles. The minimum Gasteiger partial charge on any atom is -0.345 e. The van der Waals surface area contributed by atoms with Crippen molar-refractivity contribution in [1.82, 2.24) is 9.88 Å². The third kappa shape index (κ3) is 3.41. The van der Waals surface area contributed by atoms with Crippen molar-refractivity contribution in [3.8, 4) is 11.3 Å². The molecule has 0 saturated carbocycles. The number of rotatable bonds is 3. The topological polar surface area (TPSA) is 45.6 Å². The zero-order chi connectivity index (χ0) is 17.1. The van der Waals surface area contributed by atoms with Gasteiger partial charge in [0.05, 0.1) is 11.3 Å². The van der Waals surface area contributed by atoms with Crippen LogP contribution in [0.3, 0.4) is 0 Å². The first-order valence-corrected chi connectivity index (χ1v) is 6.95. The zero-order valence-electron chi connectivity index (χ0n) is 13.4. The van der Waals surface area contributed by atoms with Gasteiger partial charge < -0.3 is 4.90 Å². The highest BCUT2D eigenvalue weighted by molar-refractivity contribution is 5.94. The van der Waals surface area contributed by atoms with Crippen LogP contribution in [0.15, 0.2) is 29.4 Å². The van der Waals surface area contributed by atoms with E-state index in [-0.39, 0.29) is 16.8 Å². The molecule has 1 heterocycles. The number of carbonyl (C=O) groups excluding carboxylic acids is 1. The number of pyridine rings is 1. The lowest BCUT2D eigenvalue weighted by atomic mass is 10.0. The molecule has 120 valence electrons. The lowest BCUT2D eigenvalue weighted by molar-refractivity contribution is 0.0822. The molecule has 0 unspecified atom stereocenters. The molecule has 0 radical (unpaired) electrons. The summed E-state index contributed by atoms with van der Waals surface area (Å²) in [6.45, 7) is 1.85. The van der Waals surface area contributed by atoms with Gasteiger partial charge in [-0.15, -0.1) is 0 Å². The first-order chi connectivity index (χ1) is 10.8. The van der Waals surface area contributed by atoms with Crippen LogP contribution in [0.4, 0.5) is 8.78 Å². The average Bonchev–Trinajstić information content (AvgIpc) is 2.51. The molecule has 23 heavy (non-hydrogen) atoms. The minimum absolute atomic E-state index is 0.00330. The maximum Gasteiger partial charge on any atom is 0.256 e. The van der Waals surface area contributed by atoms with Crippen LogP contribution < -0.4 is 0 Å². The van der Waals surface area contributed by atoms with Gasteiger partial charge in [-0.3, -0.25) is 14.8 Å². The first kappa shape index (κ1) is 16.7. The molecule has 1 aromatic carbocycles. The maximum absolute atomic E-state index is 14.3. The summed E-state index contributed by atoms with van der Waals surface area (Å²) in [6, 6.07) is 3.53. The van der Waals surface area contributed by atoms with Crippen molar-refractivity contribution < 1.29 is 13.6 Å². The van der Waals surface area contributed by atoms with Crippen LogP contribution in [0.1, 0.15) is 21.5 Å². The Kier molecular flexibility index (Phi) is 4.83. The summed E-state index contributed by atoms with van der Waals surface area (Å²) in [6.07, 6.45) is 3.20. The van der Waals surface area contributed by atoms with E-state index in [0.29, 0.717) is 0 Å². The Bertz CT molecular complexity index is 786. The van der Waals surface area contributed by atoms with Gasteiger partial charge in [0.15, 0.2) is 0 Å². The van der Waals surface area contributed by atoms with E-state index in [1.165, 1.54) is 19.0 Å². The van der Waals surface area contributed by atoms with E-state index in [4.69, 9.17) is 0 Å². The van der Waals surface area contributed by atoms with Gasteiger partial charge in [-0.2, -0.15) is 0 Å². The highest BCUT2D eigenvalue weighted by atomic mass is 19.1. The van der Waals surface area contributed by atoms with Gasteiger partial charge in [0, 0.05) is 39.1 Å². The second-order valence-electron chi connectivity index (χ2n) is 5.32. The number of nitrogens with zero attached hydrogens (tertiary/aromatic N) is 3. The second-order valence-corrected chi connectivity index (χ2v) is 5.32. The van der Waals surface area contributed by atoms with Crippen LogP contribution >= 0.6 is 0 Å². The van der Waals surface area contributed by atoms with Crippen molar-refractivity contribution in [1.29, 1.82) is 0 Å². The summed E-state index contributed by atoms with van der Waals surface area (Å²) in [5, 5.41) is 0. The lowest BCUT2D eigenvalue weighted by Crippen LogP contribution is -2.23. The molecule has 0 N–H and O–H groups in total. The van der Waals surface area contributed by atoms with E-state index in [0.717, 1.165) is 23.3 Å². The van der Waals surface area contributed by atoms with E-state index in [2.05, 4.69) is 9.98 Å². The Morgan fingerprint density at radius 3 is 2.52 bits per heavy atom. The van der Waals surface area contributed by atoms with Gasteiger partial charge >= 0.3 is 0 Å². The summed E-state index contributed by atoms with van der Waals surface area (Å²) in [7, 11) is 4.58. The third-order valence-electron chi connectivity index (χ3n) is 3.38. The van der Waals surface area contributed by atoms with E-state index in [9.17, 15) is 13.6 Å². The fraction of sp³-hybridized carbons (Fsp3) is 0.235. The summed E-state index contributed by atoms with van der Waals surface area (Å²) < 4.78 is 28.5. The smallest absolute Gasteiger partial charge is 0.256 e. The first-order valence-electron chi connectivity index (χ1n) is 6.95. The van der Waals surface area contributed by atoms with Crippen molar-refractivity contribution in [3.05, 3.63) is 52.7 Å². The predicted octanol–water partition coefficient (Wildman–Crippen LogP) is 3.09. The van der Waals surface area contributed by atoms with Crippen molar-refractivity contribution >= 4 is 12.1 Å². The van der Waals surface area contributed by atoms with E-state index < -0.39 is 17.5 Å². The molecule has 0 atom stereocenters. The molecule has 0 saturated heterocycles. The number of aromatic nitrogens is 1. The average molecular weight is 317 g/mol. The number of aliphatic imine (C=N–C) groups is 1. The molecule has 0 fully saturated rings. The molecule has 0 spiro atoms. The summed E-state index contributed by atoms with van der Waals surface area (Å²) >= 11 is 0. The van der Waals surface area contributed by atoms with Crippen molar-refractivity contribution in [2.75, 3.05) is 21.1 Å². The van der Waals surface area contributed by atoms with Crippen molar-refractivity contribution in [3.63, 3.8) is 0 Å². The molecular weight excluding hydrogens is 300 g/mol. The normalized spacial score (nSPS) is 11.0. The number of benzene rings is 1. The quantitative estimate of drug-likeness (QED) is 0.817. The molecular formula is C17H17F2N3O. The van der Waals surface area contributed by atoms with Gasteiger partial charge in [-0.05, 0) is 36.2 Å². The molecule has 0 bridgehead atoms. The van der Waals surface area contributed by atoms with Crippen LogP contribution in [-0.2, 0) is 0 Å². The lowest BCUT2D eigenvalue weighted by Gasteiger charge is -2.13. The highest BCUT2D eigenvalue weighted by Gasteiger charge is 2.19. The Labute approximate surface area is 133 Å². The monoisotopic (exact) mass is 317 g/mol. The predicted molar refractivity (Wildman–Crippen MR) is 85.9 cm³/mol. The molecule has 0 aliphatic heterocycles. The molecule has 0 aliphatic rings. The Morgan fingerprint density at radius 2 is 1.91 bits per heavy atom. The van der Waals surface area contributed by atoms with Crippen LogP contribution in [0.2, 0.25) is 0 Å². The molecule has 1 aromatic heterocycles. The van der Waals surface area contributed by atoms with Crippen molar-refractivity contribution in [2.24, 2.45) is 4.99 Å². The van der Waals surface area contributed by atoms with Crippen LogP contribution in [0, 0.1) is 18.6 Å². The number of amides is 1. The second kappa shape index (κ2) is 6.64. The zero-order valence-corrected chi connectivity index (χ0v) is 13.4. The fourth-order valence-corrected chi connectivity index (χ4v) is 2.11. The Balaban J connectivity index is 2.55. The molecule has 6 heteroatoms. The number of halogens is 2. The maximum atomic E-state index is 14.3. The van der Waals surface area contributed by atoms with Crippen LogP contribution in [-0.4, -0.2) is 43.1 Å². The summed E-state index contributed by atoms with van der Waals surface area (Å²) in [5.41, 5.74) is 1.62. The number of aryl methyl sites for hydroxylation is 1. The van der Waals surface area contributed by atoms with Gasteiger partial charge in [0.1, 0.15) is 11.6 Å². The Morgan fingerprint density at radius 1 is 1.22 bits per heavy atom. The van der Waals surface area contributed by atoms with Gasteiger partial charge in [-0.25, -0.2) is 8.78 Å². The molecule has 4 nitrogen and oxygen atoms in total. The molecule has 2 rings (SSSR count). The van der Waals surface area contributed by atoms with Gasteiger partial charge in [-0.1, -0.05) is 0 Å². The molecule has 2 aromatic rings. The van der Waals surface area contributed by atoms with Gasteiger partial charge in [0.25, 0.3) is 5.91 Å². The molecule has 1 amide bonds. The largest absolute Gasteiger partial charge is 0.345 e. The van der Waals surface area contributed by atoms with E-state index in [1.54, 1.807) is 25.5 Å². The number of hydrogen-bond donors (Lipinski definition) is 0. The Hall–Kier alpha value is -2.63. The number of hydrogen-bond acceptors (Lipinski definition) is 3. The van der Waals surface area contributed by atoms with Crippen LogP contribution in [0.5, 0.6) is 0 Å². The van der Waals surface area contributed by atoms with Gasteiger partial charge in [0.2, 0.25) is 0 Å². The summed E-state index contributed by atoms with van der Waals surface area (Å²) in [5.74, 6) is -2.08. The van der Waals surface area contributed by atoms with Crippen molar-refractivity contribution in [2.45, 2.75) is 6.92 Å². The number of carbonyl (C=O) groups is 1. The highest BCUT2D eigenvalue weighted by Crippen LogP contribution is 2.26. The SMILES string of the molecule is CN=Cc1cc(-c2cc(F)c(C(=O)N(C)C)cc2F)ncc1C. The third-order valence-corrected chi connectivity index (χ3v) is 3.38. The van der Waals surface area contributed by atoms with Crippen LogP contribution in [0.25, 0.3) is 11.3 Å². The summed E-state index contributed by atoms with van der Waals surface area (Å²) in [4.78, 5) is 21.1. The van der Waals surface area contributed by atoms with E-state index in [1.807, 2.05) is 6.92 Å².